The van der Waals surface area contributed by atoms with Crippen molar-refractivity contribution in [2.24, 2.45) is 5.92 Å². The van der Waals surface area contributed by atoms with Gasteiger partial charge in [0.1, 0.15) is 17.3 Å². The Labute approximate surface area is 214 Å². The summed E-state index contributed by atoms with van der Waals surface area (Å²) < 4.78 is 19.5. The third-order valence-electron chi connectivity index (χ3n) is 8.08. The van der Waals surface area contributed by atoms with Crippen LogP contribution in [0.4, 0.5) is 4.39 Å². The Morgan fingerprint density at radius 3 is 2.42 bits per heavy atom. The van der Waals surface area contributed by atoms with Gasteiger partial charge in [0.15, 0.2) is 0 Å². The number of hydrogen-bond acceptors (Lipinski definition) is 3. The molecule has 1 aliphatic heterocycles. The van der Waals surface area contributed by atoms with Gasteiger partial charge < -0.3 is 9.32 Å². The lowest BCUT2D eigenvalue weighted by molar-refractivity contribution is 0.0587. The number of halogens is 1. The summed E-state index contributed by atoms with van der Waals surface area (Å²) in [6.07, 6.45) is 5.65. The molecule has 2 aliphatic rings. The maximum absolute atomic E-state index is 13.8. The summed E-state index contributed by atoms with van der Waals surface area (Å²) in [7, 11) is 0. The fourth-order valence-corrected chi connectivity index (χ4v) is 6.22. The summed E-state index contributed by atoms with van der Waals surface area (Å²) in [5, 5.41) is 0. The fraction of sp³-hybridized carbons (Fsp3) is 0.452. The molecule has 0 radical (unpaired) electrons. The molecule has 5 rings (SSSR count). The summed E-state index contributed by atoms with van der Waals surface area (Å²) in [6.45, 7) is 7.52. The van der Waals surface area contributed by atoms with E-state index >= 15 is 0 Å². The van der Waals surface area contributed by atoms with Crippen LogP contribution in [0.15, 0.2) is 65.1 Å². The van der Waals surface area contributed by atoms with E-state index in [1.807, 2.05) is 13.0 Å². The van der Waals surface area contributed by atoms with Gasteiger partial charge in [-0.2, -0.15) is 0 Å². The SMILES string of the molecule is Cc1ccc(CN2C[C@H](CN(C(=O)c3ccc(F)cc3)C3CCCCC3)[C@@H](c3ccccc3C)C2)o1. The minimum absolute atomic E-state index is 0.0329. The van der Waals surface area contributed by atoms with E-state index in [1.54, 1.807) is 12.1 Å². The van der Waals surface area contributed by atoms with E-state index in [0.717, 1.165) is 56.8 Å². The second kappa shape index (κ2) is 11.0. The lowest BCUT2D eigenvalue weighted by Crippen LogP contribution is -2.45. The number of rotatable bonds is 7. The van der Waals surface area contributed by atoms with Crippen LogP contribution < -0.4 is 0 Å². The van der Waals surface area contributed by atoms with Crippen LogP contribution in [-0.4, -0.2) is 41.4 Å². The highest BCUT2D eigenvalue weighted by Gasteiger charge is 2.38. The van der Waals surface area contributed by atoms with Gasteiger partial charge in [-0.3, -0.25) is 9.69 Å². The zero-order chi connectivity index (χ0) is 25.1. The third kappa shape index (κ3) is 5.57. The predicted octanol–water partition coefficient (Wildman–Crippen LogP) is 6.73. The molecule has 0 bridgehead atoms. The van der Waals surface area contributed by atoms with Gasteiger partial charge in [0.05, 0.1) is 6.54 Å². The van der Waals surface area contributed by atoms with E-state index in [-0.39, 0.29) is 17.8 Å². The van der Waals surface area contributed by atoms with Crippen molar-refractivity contribution in [1.82, 2.24) is 9.80 Å². The van der Waals surface area contributed by atoms with Crippen LogP contribution in [0.3, 0.4) is 0 Å². The summed E-state index contributed by atoms with van der Waals surface area (Å²) in [5.74, 6) is 2.30. The molecule has 2 heterocycles. The van der Waals surface area contributed by atoms with Crippen molar-refractivity contribution in [3.8, 4) is 0 Å². The number of hydrogen-bond donors (Lipinski definition) is 0. The molecule has 1 aromatic heterocycles. The molecule has 2 fully saturated rings. The normalized spacial score (nSPS) is 21.1. The molecular formula is C31H37FN2O2. The first kappa shape index (κ1) is 24.8. The number of carbonyl (C=O) groups is 1. The van der Waals surface area contributed by atoms with Gasteiger partial charge >= 0.3 is 0 Å². The quantitative estimate of drug-likeness (QED) is 0.370. The highest BCUT2D eigenvalue weighted by molar-refractivity contribution is 5.94. The lowest BCUT2D eigenvalue weighted by atomic mass is 9.85. The molecule has 1 amide bonds. The van der Waals surface area contributed by atoms with Crippen molar-refractivity contribution >= 4 is 5.91 Å². The summed E-state index contributed by atoms with van der Waals surface area (Å²) in [5.41, 5.74) is 3.26. The molecule has 5 heteroatoms. The van der Waals surface area contributed by atoms with E-state index in [9.17, 15) is 9.18 Å². The molecule has 3 aromatic rings. The average molecular weight is 489 g/mol. The maximum atomic E-state index is 13.8. The van der Waals surface area contributed by atoms with Crippen molar-refractivity contribution < 1.29 is 13.6 Å². The highest BCUT2D eigenvalue weighted by atomic mass is 19.1. The van der Waals surface area contributed by atoms with E-state index in [2.05, 4.69) is 47.1 Å². The molecule has 0 spiro atoms. The Morgan fingerprint density at radius 1 is 0.972 bits per heavy atom. The number of aryl methyl sites for hydroxylation is 2. The number of likely N-dealkylation sites (tertiary alicyclic amines) is 1. The van der Waals surface area contributed by atoms with Crippen molar-refractivity contribution in [3.05, 3.63) is 94.7 Å². The molecule has 1 saturated carbocycles. The van der Waals surface area contributed by atoms with Crippen LogP contribution in [0.2, 0.25) is 0 Å². The van der Waals surface area contributed by atoms with Gasteiger partial charge in [0.25, 0.3) is 5.91 Å². The molecule has 1 saturated heterocycles. The molecule has 1 aliphatic carbocycles. The monoisotopic (exact) mass is 488 g/mol. The molecule has 0 unspecified atom stereocenters. The summed E-state index contributed by atoms with van der Waals surface area (Å²) in [4.78, 5) is 18.4. The average Bonchev–Trinajstić information content (AvgIpc) is 3.48. The van der Waals surface area contributed by atoms with E-state index in [1.165, 1.54) is 29.7 Å². The Bertz CT molecular complexity index is 1170. The zero-order valence-corrected chi connectivity index (χ0v) is 21.5. The minimum Gasteiger partial charge on any atom is -0.465 e. The minimum atomic E-state index is -0.310. The van der Waals surface area contributed by atoms with Crippen LogP contribution in [0, 0.1) is 25.6 Å². The number of nitrogens with zero attached hydrogens (tertiary/aromatic N) is 2. The predicted molar refractivity (Wildman–Crippen MR) is 140 cm³/mol. The van der Waals surface area contributed by atoms with E-state index < -0.39 is 0 Å². The number of benzene rings is 2. The Hall–Kier alpha value is -2.92. The van der Waals surface area contributed by atoms with Crippen molar-refractivity contribution in [1.29, 1.82) is 0 Å². The highest BCUT2D eigenvalue weighted by Crippen LogP contribution is 2.37. The second-order valence-corrected chi connectivity index (χ2v) is 10.7. The standard InChI is InChI=1S/C31H37FN2O2/c1-22-8-6-7-11-29(22)30-21-33(20-28-17-12-23(2)36-28)18-25(30)19-34(27-9-4-3-5-10-27)31(35)24-13-15-26(32)16-14-24/h6-8,11-17,25,27,30H,3-5,9-10,18-21H2,1-2H3/t25-,30+/m1/s1. The zero-order valence-electron chi connectivity index (χ0n) is 21.5. The van der Waals surface area contributed by atoms with Crippen LogP contribution in [0.25, 0.3) is 0 Å². The van der Waals surface area contributed by atoms with Crippen molar-refractivity contribution in [3.63, 3.8) is 0 Å². The first-order valence-electron chi connectivity index (χ1n) is 13.4. The lowest BCUT2D eigenvalue weighted by Gasteiger charge is -2.37. The van der Waals surface area contributed by atoms with Gasteiger partial charge in [-0.15, -0.1) is 0 Å². The molecular weight excluding hydrogens is 451 g/mol. The first-order valence-corrected chi connectivity index (χ1v) is 13.4. The van der Waals surface area contributed by atoms with Gasteiger partial charge in [-0.25, -0.2) is 4.39 Å². The molecule has 190 valence electrons. The number of amides is 1. The fourth-order valence-electron chi connectivity index (χ4n) is 6.22. The van der Waals surface area contributed by atoms with Gasteiger partial charge in [0.2, 0.25) is 0 Å². The van der Waals surface area contributed by atoms with Crippen LogP contribution >= 0.6 is 0 Å². The van der Waals surface area contributed by atoms with E-state index in [4.69, 9.17) is 4.42 Å². The molecule has 0 N–H and O–H groups in total. The first-order chi connectivity index (χ1) is 17.5. The third-order valence-corrected chi connectivity index (χ3v) is 8.08. The smallest absolute Gasteiger partial charge is 0.254 e. The topological polar surface area (TPSA) is 36.7 Å². The van der Waals surface area contributed by atoms with Crippen LogP contribution in [0.1, 0.15) is 71.0 Å². The van der Waals surface area contributed by atoms with Crippen molar-refractivity contribution in [2.45, 2.75) is 64.5 Å². The van der Waals surface area contributed by atoms with Crippen LogP contribution in [0.5, 0.6) is 0 Å². The molecule has 2 atom stereocenters. The summed E-state index contributed by atoms with van der Waals surface area (Å²) in [6, 6.07) is 19.0. The largest absolute Gasteiger partial charge is 0.465 e. The van der Waals surface area contributed by atoms with Crippen molar-refractivity contribution in [2.75, 3.05) is 19.6 Å². The van der Waals surface area contributed by atoms with Gasteiger partial charge in [-0.05, 0) is 80.1 Å². The Morgan fingerprint density at radius 2 is 1.72 bits per heavy atom. The maximum Gasteiger partial charge on any atom is 0.254 e. The van der Waals surface area contributed by atoms with Gasteiger partial charge in [-0.1, -0.05) is 43.5 Å². The van der Waals surface area contributed by atoms with E-state index in [0.29, 0.717) is 23.9 Å². The van der Waals surface area contributed by atoms with Gasteiger partial charge in [0, 0.05) is 37.2 Å². The number of carbonyl (C=O) groups excluding carboxylic acids is 1. The van der Waals surface area contributed by atoms with Crippen LogP contribution in [-0.2, 0) is 6.54 Å². The molecule has 4 nitrogen and oxygen atoms in total. The number of furan rings is 1. The summed E-state index contributed by atoms with van der Waals surface area (Å²) >= 11 is 0. The Balaban J connectivity index is 1.43. The Kier molecular flexibility index (Phi) is 7.56. The second-order valence-electron chi connectivity index (χ2n) is 10.7. The molecule has 36 heavy (non-hydrogen) atoms. The molecule has 2 aromatic carbocycles.